The van der Waals surface area contributed by atoms with Crippen LogP contribution in [0.5, 0.6) is 46.0 Å². The summed E-state index contributed by atoms with van der Waals surface area (Å²) < 4.78 is 37.8. The molecule has 18 atom stereocenters. The highest BCUT2D eigenvalue weighted by atomic mass is 35.5. The molecule has 35 nitrogen and oxygen atoms in total. The van der Waals surface area contributed by atoms with Crippen LogP contribution >= 0.6 is 23.2 Å². The van der Waals surface area contributed by atoms with Crippen LogP contribution in [-0.4, -0.2) is 204 Å². The van der Waals surface area contributed by atoms with Crippen LogP contribution < -0.4 is 62.5 Å². The number of benzene rings is 5. The first-order valence-electron chi connectivity index (χ1n) is 32.9. The summed E-state index contributed by atoms with van der Waals surface area (Å²) in [5.41, 5.74) is 1.89. The predicted octanol–water partition coefficient (Wildman–Crippen LogP) is 0.742. The number of rotatable bonds is 14. The van der Waals surface area contributed by atoms with Crippen molar-refractivity contribution >= 4 is 76.6 Å². The second kappa shape index (κ2) is 30.7. The normalized spacial score (nSPS) is 29.2. The molecule has 5 aromatic rings. The molecule has 105 heavy (non-hydrogen) atoms. The summed E-state index contributed by atoms with van der Waals surface area (Å²) in [6, 6.07) is -0.738. The van der Waals surface area contributed by atoms with Gasteiger partial charge in [-0.15, -0.1) is 0 Å². The number of phenols is 3. The fourth-order valence-electron chi connectivity index (χ4n) is 13.5. The number of carbonyl (C=O) groups is 9. The van der Waals surface area contributed by atoms with Crippen molar-refractivity contribution in [1.82, 2.24) is 47.6 Å². The Morgan fingerprint density at radius 1 is 0.714 bits per heavy atom. The van der Waals surface area contributed by atoms with Crippen LogP contribution in [0.25, 0.3) is 11.1 Å². The lowest BCUT2D eigenvalue weighted by Crippen LogP contribution is -2.64. The highest BCUT2D eigenvalue weighted by molar-refractivity contribution is 6.32. The lowest BCUT2D eigenvalue weighted by Gasteiger charge is -2.46. The van der Waals surface area contributed by atoms with Gasteiger partial charge in [0, 0.05) is 29.2 Å². The van der Waals surface area contributed by atoms with E-state index >= 15 is 14.4 Å². The highest BCUT2D eigenvalue weighted by Gasteiger charge is 2.56. The van der Waals surface area contributed by atoms with E-state index in [1.54, 1.807) is 13.8 Å². The molecule has 11 bridgehead atoms. The minimum absolute atomic E-state index is 0.0444. The molecule has 0 aliphatic carbocycles. The summed E-state index contributed by atoms with van der Waals surface area (Å²) in [6.07, 6.45) is -18.3. The van der Waals surface area contributed by atoms with E-state index in [-0.39, 0.29) is 46.2 Å². The minimum atomic E-state index is -2.35. The summed E-state index contributed by atoms with van der Waals surface area (Å²) >= 11 is 14.1. The molecule has 562 valence electrons. The van der Waals surface area contributed by atoms with E-state index < -0.39 is 243 Å². The number of aromatic hydroxyl groups is 3. The van der Waals surface area contributed by atoms with Gasteiger partial charge in [-0.2, -0.15) is 5.06 Å². The lowest BCUT2D eigenvalue weighted by atomic mass is 9.85. The number of amides is 8. The molecule has 8 heterocycles. The Morgan fingerprint density at radius 3 is 1.94 bits per heavy atom. The third-order valence-electron chi connectivity index (χ3n) is 18.8. The number of hydroxylamine groups is 2. The number of primary amides is 1. The summed E-state index contributed by atoms with van der Waals surface area (Å²) in [6.45, 7) is 6.54. The van der Waals surface area contributed by atoms with Gasteiger partial charge < -0.3 is 123 Å². The van der Waals surface area contributed by atoms with E-state index in [9.17, 15) is 74.7 Å². The third kappa shape index (κ3) is 15.8. The van der Waals surface area contributed by atoms with E-state index in [0.717, 1.165) is 66.7 Å². The number of likely N-dealkylation sites (N-methyl/N-ethyl adjacent to an activating group) is 1. The summed E-state index contributed by atoms with van der Waals surface area (Å²) in [4.78, 5) is 135. The van der Waals surface area contributed by atoms with Crippen LogP contribution in [0.4, 0.5) is 4.79 Å². The number of nitrogens with zero attached hydrogens (tertiary/aromatic N) is 1. The average Bonchev–Trinajstić information content (AvgIpc) is 1.62. The largest absolute Gasteiger partial charge is 0.508 e. The van der Waals surface area contributed by atoms with Gasteiger partial charge in [0.2, 0.25) is 53.4 Å². The van der Waals surface area contributed by atoms with Crippen molar-refractivity contribution in [3.8, 4) is 57.1 Å². The Balaban J connectivity index is 1.12. The number of carbonyl (C=O) groups excluding carboxylic acids is 8. The van der Waals surface area contributed by atoms with Gasteiger partial charge in [0.25, 0.3) is 0 Å². The van der Waals surface area contributed by atoms with E-state index in [1.165, 1.54) is 31.4 Å². The molecular weight excluding hydrogens is 1430 g/mol. The third-order valence-corrected chi connectivity index (χ3v) is 19.4. The van der Waals surface area contributed by atoms with E-state index in [1.807, 2.05) is 13.8 Å². The van der Waals surface area contributed by atoms with Crippen LogP contribution in [0.3, 0.4) is 0 Å². The van der Waals surface area contributed by atoms with Gasteiger partial charge in [-0.1, -0.05) is 55.2 Å². The first kappa shape index (κ1) is 76.2. The Kier molecular flexibility index (Phi) is 22.3. The Bertz CT molecular complexity index is 4290. The van der Waals surface area contributed by atoms with Crippen molar-refractivity contribution < 1.29 is 122 Å². The van der Waals surface area contributed by atoms with Crippen molar-refractivity contribution in [2.24, 2.45) is 11.7 Å². The number of aliphatic carboxylic acids is 1. The molecule has 3 fully saturated rings. The topological polar surface area (TPSA) is 526 Å². The van der Waals surface area contributed by atoms with Gasteiger partial charge in [0.15, 0.2) is 23.6 Å². The molecule has 37 heteroatoms. The van der Waals surface area contributed by atoms with Crippen molar-refractivity contribution in [1.29, 1.82) is 0 Å². The van der Waals surface area contributed by atoms with Crippen molar-refractivity contribution in [2.75, 3.05) is 20.7 Å². The number of aliphatic hydroxyl groups is 5. The SMILES string of the molecule is CN[C@H](CC(C)C)C(=O)N[C@H]1C(=O)N[C@@H](CC(N)=O)C(=O)N[C@H]2C(=O)N[C@H]3C(=O)N[C@H](C(=O)N[C@H](C(=O)O)c4cc(O)cc(O)c4-c4cc3ccc4O)[C@H](O)c3ccc(c(Cl)c3)Oc3cc2cc(c3O[C@@H]2O[C@H](CN(OC)[C@H]3C[C@]4(C)NC(=O)O[C@@H]4[C@H](C)O3)[C@@H](O)[C@H](O)[C@H]2O)Oc2ccc(cc2Cl)[C@H]1O. The second-order valence-corrected chi connectivity index (χ2v) is 27.5. The lowest BCUT2D eigenvalue weighted by molar-refractivity contribution is -0.317. The average molecular weight is 1500 g/mol. The van der Waals surface area contributed by atoms with Gasteiger partial charge in [-0.05, 0) is 110 Å². The van der Waals surface area contributed by atoms with Gasteiger partial charge in [0.05, 0.1) is 47.8 Å². The first-order valence-corrected chi connectivity index (χ1v) is 33.6. The Morgan fingerprint density at radius 2 is 1.33 bits per heavy atom. The smallest absolute Gasteiger partial charge is 0.408 e. The highest BCUT2D eigenvalue weighted by Crippen LogP contribution is 2.50. The number of alkyl carbamates (subject to hydrolysis) is 1. The molecule has 0 aromatic heterocycles. The van der Waals surface area contributed by atoms with E-state index in [4.69, 9.17) is 62.2 Å². The first-order chi connectivity index (χ1) is 49.6. The number of aliphatic hydroxyl groups excluding tert-OH is 5. The number of carboxylic acids is 1. The zero-order chi connectivity index (χ0) is 76.1. The number of hydrogen-bond donors (Lipinski definition) is 18. The summed E-state index contributed by atoms with van der Waals surface area (Å²) in [5.74, 6) is -16.1. The maximum atomic E-state index is 16.0. The molecular formula is C68H76Cl2N10O25. The summed E-state index contributed by atoms with van der Waals surface area (Å²) in [7, 11) is 2.74. The number of carboxylic acid groups (broad SMARTS) is 1. The molecule has 3 saturated heterocycles. The van der Waals surface area contributed by atoms with Crippen molar-refractivity contribution in [3.63, 3.8) is 0 Å². The zero-order valence-corrected chi connectivity index (χ0v) is 58.1. The Hall–Kier alpha value is -9.89. The molecule has 8 aliphatic heterocycles. The monoisotopic (exact) mass is 1500 g/mol. The van der Waals surface area contributed by atoms with Crippen molar-refractivity contribution in [2.45, 2.75) is 156 Å². The number of ether oxygens (including phenoxy) is 6. The van der Waals surface area contributed by atoms with E-state index in [0.29, 0.717) is 0 Å². The second-order valence-electron chi connectivity index (χ2n) is 26.6. The van der Waals surface area contributed by atoms with Crippen molar-refractivity contribution in [3.05, 3.63) is 117 Å². The fourth-order valence-corrected chi connectivity index (χ4v) is 13.9. The quantitative estimate of drug-likeness (QED) is 0.0682. The number of phenolic OH excluding ortho intramolecular Hbond substituents is 3. The molecule has 0 unspecified atom stereocenters. The van der Waals surface area contributed by atoms with E-state index in [2.05, 4.69) is 42.5 Å². The number of nitrogens with two attached hydrogens (primary N) is 1. The number of hydrogen-bond acceptors (Lipinski definition) is 26. The standard InChI is InChI=1S/C68H76Cl2N10O25/c1-24(2)13-35(72-5)59(90)77-50-52(85)27-8-11-39(33(69)15-27)101-41-17-29-18-42(57(41)104-66-56(89)55(88)54(87)43(103-66)23-80(99-6)45-22-68(4)58(25(3)100-45)105-67(98)79-68)102-40-12-9-28(16-34(40)70)53(86)51-64(95)76-49(65(96)97)32-19-30(81)20-38(83)46(32)31-14-26(7-10-37(31)82)47(61(92)78-51)75-62(93)48(29)74-60(91)36(21-44(71)84)73-63(50)94/h7-12,14-20,24-25,35-36,43,45,47-56,58,66,72,81-83,85-89H,13,21-23H2,1-6H3,(H2,71,84)(H,73,94)(H,74,91)(H,75,93)(H,76,95)(H,77,90)(H,78,92)(H,79,98)(H,96,97)/t25-,35+,36-,43+,45+,47+,48+,49-,50+,51-,52+,53+,54+,55-,56+,58+,66-,68-/m0/s1. The zero-order valence-electron chi connectivity index (χ0n) is 56.6. The minimum Gasteiger partial charge on any atom is -0.508 e. The van der Waals surface area contributed by atoms with Crippen LogP contribution in [0, 0.1) is 5.92 Å². The molecule has 8 aliphatic rings. The van der Waals surface area contributed by atoms with Crippen LogP contribution in [0.2, 0.25) is 10.0 Å². The van der Waals surface area contributed by atoms with Gasteiger partial charge in [-0.3, -0.25) is 38.4 Å². The number of nitrogens with one attached hydrogen (secondary N) is 8. The molecule has 5 aromatic carbocycles. The molecule has 0 saturated carbocycles. The predicted molar refractivity (Wildman–Crippen MR) is 360 cm³/mol. The van der Waals surface area contributed by atoms with Gasteiger partial charge in [-0.25, -0.2) is 9.59 Å². The fraction of sp³-hybridized carbons (Fsp3) is 0.426. The molecule has 0 spiro atoms. The maximum Gasteiger partial charge on any atom is 0.408 e. The number of halogens is 2. The van der Waals surface area contributed by atoms with Gasteiger partial charge in [0.1, 0.15) is 102 Å². The molecule has 19 N–H and O–H groups in total. The van der Waals surface area contributed by atoms with Crippen LogP contribution in [-0.2, 0) is 57.4 Å². The van der Waals surface area contributed by atoms with Gasteiger partial charge >= 0.3 is 12.1 Å². The Labute approximate surface area is 606 Å². The molecule has 0 radical (unpaired) electrons. The maximum absolute atomic E-state index is 16.0. The molecule has 13 rings (SSSR count). The summed E-state index contributed by atoms with van der Waals surface area (Å²) in [5, 5.41) is 125. The number of fused-ring (bicyclic) bond motifs is 16. The molecule has 8 amide bonds. The van der Waals surface area contributed by atoms with Crippen LogP contribution in [0.1, 0.15) is 105 Å². The van der Waals surface area contributed by atoms with Crippen LogP contribution in [0.15, 0.2) is 78.9 Å².